The van der Waals surface area contributed by atoms with Crippen LogP contribution in [-0.4, -0.2) is 93.6 Å². The normalized spacial score (nSPS) is 29.3. The van der Waals surface area contributed by atoms with E-state index >= 15 is 0 Å². The lowest BCUT2D eigenvalue weighted by atomic mass is 9.78. The van der Waals surface area contributed by atoms with Gasteiger partial charge in [-0.25, -0.2) is 0 Å². The zero-order valence-electron chi connectivity index (χ0n) is 32.7. The molecule has 0 spiro atoms. The first-order valence-corrected chi connectivity index (χ1v) is 18.3. The Morgan fingerprint density at radius 3 is 2.16 bits per heavy atom. The summed E-state index contributed by atoms with van der Waals surface area (Å²) in [6.07, 6.45) is 3.46. The topological polar surface area (TPSA) is 253 Å². The molecule has 5 bridgehead atoms. The number of ether oxygens (including phenoxy) is 4. The van der Waals surface area contributed by atoms with Gasteiger partial charge in [0.2, 0.25) is 0 Å². The molecule has 15 heteroatoms. The summed E-state index contributed by atoms with van der Waals surface area (Å²) in [5, 5.41) is 60.0. The van der Waals surface area contributed by atoms with Crippen LogP contribution in [0.25, 0.3) is 10.8 Å². The Bertz CT molecular complexity index is 1900. The molecule has 0 aromatic heterocycles. The highest BCUT2D eigenvalue weighted by atomic mass is 16.7. The molecular formula is C40H55N3O12. The first-order chi connectivity index (χ1) is 25.8. The number of aromatic hydroxyl groups is 3. The molecule has 2 aromatic carbocycles. The summed E-state index contributed by atoms with van der Waals surface area (Å²) in [4.78, 5) is 40.2. The maximum Gasteiger partial charge on any atom is 0.312 e. The highest BCUT2D eigenvalue weighted by Crippen LogP contribution is 2.56. The highest BCUT2D eigenvalue weighted by molar-refractivity contribution is 6.22. The molecule has 2 aromatic rings. The number of aliphatic hydroxyl groups excluding tert-OH is 2. The predicted molar refractivity (Wildman–Crippen MR) is 205 cm³/mol. The smallest absolute Gasteiger partial charge is 0.312 e. The van der Waals surface area contributed by atoms with Gasteiger partial charge in [-0.1, -0.05) is 45.9 Å². The molecule has 5 rings (SSSR count). The van der Waals surface area contributed by atoms with E-state index in [4.69, 9.17) is 30.4 Å². The van der Waals surface area contributed by atoms with Gasteiger partial charge in [-0.3, -0.25) is 14.4 Å². The number of esters is 1. The van der Waals surface area contributed by atoms with Crippen LogP contribution in [0.2, 0.25) is 0 Å². The number of nitrogens with two attached hydrogens (primary N) is 2. The minimum Gasteiger partial charge on any atom is -0.507 e. The lowest BCUT2D eigenvalue weighted by Gasteiger charge is -2.38. The van der Waals surface area contributed by atoms with Crippen LogP contribution in [0, 0.1) is 30.6 Å². The Morgan fingerprint density at radius 2 is 1.58 bits per heavy atom. The number of fused-ring (bicyclic) bond motifs is 14. The van der Waals surface area contributed by atoms with Gasteiger partial charge in [-0.05, 0) is 19.9 Å². The van der Waals surface area contributed by atoms with Crippen molar-refractivity contribution in [3.05, 3.63) is 52.8 Å². The number of carbonyl (C=O) groups excluding carboxylic acids is 3. The number of benzene rings is 2. The van der Waals surface area contributed by atoms with Gasteiger partial charge in [0.15, 0.2) is 5.75 Å². The van der Waals surface area contributed by atoms with Crippen molar-refractivity contribution < 1.29 is 58.9 Å². The Kier molecular flexibility index (Phi) is 13.3. The van der Waals surface area contributed by atoms with E-state index in [-0.39, 0.29) is 57.6 Å². The Hall–Kier alpha value is -4.67. The van der Waals surface area contributed by atoms with Gasteiger partial charge in [0.05, 0.1) is 41.2 Å². The number of phenols is 3. The fourth-order valence-electron chi connectivity index (χ4n) is 7.48. The molecule has 1 amide bonds. The summed E-state index contributed by atoms with van der Waals surface area (Å²) in [5.41, 5.74) is 11.8. The van der Waals surface area contributed by atoms with Crippen LogP contribution in [0.5, 0.6) is 23.0 Å². The van der Waals surface area contributed by atoms with Gasteiger partial charge in [-0.2, -0.15) is 0 Å². The molecule has 0 radical (unpaired) electrons. The number of allylic oxidation sites excluding steroid dienone is 2. The minimum atomic E-state index is -2.05. The molecule has 0 saturated heterocycles. The third kappa shape index (κ3) is 8.03. The van der Waals surface area contributed by atoms with E-state index in [0.717, 1.165) is 0 Å². The number of aliphatic hydroxyl groups is 2. The fourth-order valence-corrected chi connectivity index (χ4v) is 7.48. The van der Waals surface area contributed by atoms with Gasteiger partial charge in [0.25, 0.3) is 11.7 Å². The van der Waals surface area contributed by atoms with Crippen LogP contribution in [0.1, 0.15) is 75.9 Å². The molecule has 10 N–H and O–H groups in total. The SMILES string of the molecule is CO[C@H]1C=CO[C@@]2(C)Oc3c(C)c(O)c4c(O)c(c(C(CN)CN)c(O)c4c3C2=O)NC(=O)C(C)=CC=C[C@H](C)[C@H](O)[C@@H](C)[C@@H](O)[C@@H](C)[C@H](OC(C)=O)[C@@H]1C. The van der Waals surface area contributed by atoms with Gasteiger partial charge < -0.3 is 61.3 Å². The number of hydrogen-bond donors (Lipinski definition) is 8. The molecule has 3 aliphatic rings. The summed E-state index contributed by atoms with van der Waals surface area (Å²) in [7, 11) is 1.43. The summed E-state index contributed by atoms with van der Waals surface area (Å²) >= 11 is 0. The number of carbonyl (C=O) groups is 3. The molecule has 9 atom stereocenters. The molecule has 3 heterocycles. The maximum absolute atomic E-state index is 14.3. The van der Waals surface area contributed by atoms with Crippen molar-refractivity contribution in [2.24, 2.45) is 35.1 Å². The number of ketones is 1. The zero-order valence-corrected chi connectivity index (χ0v) is 32.7. The number of amides is 1. The van der Waals surface area contributed by atoms with Crippen molar-refractivity contribution >= 4 is 34.1 Å². The summed E-state index contributed by atoms with van der Waals surface area (Å²) in [5.74, 6) is -9.29. The summed E-state index contributed by atoms with van der Waals surface area (Å²) < 4.78 is 23.4. The molecule has 0 fully saturated rings. The maximum atomic E-state index is 14.3. The van der Waals surface area contributed by atoms with Crippen LogP contribution in [0.4, 0.5) is 5.69 Å². The molecule has 0 saturated carbocycles. The van der Waals surface area contributed by atoms with E-state index in [1.807, 2.05) is 0 Å². The van der Waals surface area contributed by atoms with Crippen molar-refractivity contribution in [1.29, 1.82) is 0 Å². The average molecular weight is 770 g/mol. The second-order valence-corrected chi connectivity index (χ2v) is 14.8. The quantitative estimate of drug-likeness (QED) is 0.123. The predicted octanol–water partition coefficient (Wildman–Crippen LogP) is 3.76. The monoisotopic (exact) mass is 769 g/mol. The number of nitrogens with one attached hydrogen (secondary N) is 1. The summed E-state index contributed by atoms with van der Waals surface area (Å²) in [6, 6.07) is 0. The summed E-state index contributed by atoms with van der Waals surface area (Å²) in [6.45, 7) is 12.2. The van der Waals surface area contributed by atoms with Gasteiger partial charge in [0, 0.05) is 85.7 Å². The molecule has 302 valence electrons. The molecule has 0 aliphatic carbocycles. The van der Waals surface area contributed by atoms with Crippen molar-refractivity contribution in [3.8, 4) is 23.0 Å². The van der Waals surface area contributed by atoms with Crippen molar-refractivity contribution in [2.75, 3.05) is 25.5 Å². The number of rotatable bonds is 5. The number of anilines is 1. The standard InChI is InChI=1S/C40H55N3O12/c1-17-11-10-12-18(2)39(51)43-30-26(24(15-41)16-42)34(48)27-28(35(30)49)33(47)22(6)37-29(27)38(50)40(8,55-37)53-14-13-25(52-9)19(3)36(54-23(7)44)21(5)32(46)20(4)31(17)45/h10-14,17,19-21,24-25,31-32,36,45-49H,15-16,41-42H2,1-9H3,(H,43,51)/t17-,19+,20+,21+,25-,31-,32+,36+,40-/m0/s1. The lowest BCUT2D eigenvalue weighted by Crippen LogP contribution is -2.46. The zero-order chi connectivity index (χ0) is 41.3. The van der Waals surface area contributed by atoms with E-state index in [0.29, 0.717) is 0 Å². The van der Waals surface area contributed by atoms with Gasteiger partial charge >= 0.3 is 11.8 Å². The van der Waals surface area contributed by atoms with E-state index in [1.165, 1.54) is 53.2 Å². The van der Waals surface area contributed by atoms with Crippen LogP contribution < -0.4 is 21.5 Å². The van der Waals surface area contributed by atoms with E-state index in [9.17, 15) is 39.9 Å². The average Bonchev–Trinajstić information content (AvgIpc) is 3.41. The Balaban J connectivity index is 1.98. The minimum absolute atomic E-state index is 0.0403. The number of phenolic OH excluding ortho intramolecular Hbond substituents is 3. The molecule has 15 nitrogen and oxygen atoms in total. The Morgan fingerprint density at radius 1 is 0.945 bits per heavy atom. The van der Waals surface area contributed by atoms with Gasteiger partial charge in [-0.15, -0.1) is 0 Å². The van der Waals surface area contributed by atoms with Crippen LogP contribution in [0.15, 0.2) is 36.1 Å². The van der Waals surface area contributed by atoms with Crippen LogP contribution >= 0.6 is 0 Å². The number of Topliss-reactive ketones (excluding diaryl/α,β-unsaturated/α-hetero) is 1. The second-order valence-electron chi connectivity index (χ2n) is 14.8. The third-order valence-corrected chi connectivity index (χ3v) is 11.0. The largest absolute Gasteiger partial charge is 0.507 e. The second kappa shape index (κ2) is 17.0. The van der Waals surface area contributed by atoms with Crippen molar-refractivity contribution in [2.45, 2.75) is 91.5 Å². The number of hydrogen-bond acceptors (Lipinski definition) is 14. The molecule has 3 aliphatic heterocycles. The first-order valence-electron chi connectivity index (χ1n) is 18.3. The van der Waals surface area contributed by atoms with Gasteiger partial charge in [0.1, 0.15) is 23.4 Å². The molecular weight excluding hydrogens is 714 g/mol. The third-order valence-electron chi connectivity index (χ3n) is 11.0. The van der Waals surface area contributed by atoms with E-state index in [1.54, 1.807) is 39.8 Å². The first kappa shape index (κ1) is 43.1. The molecule has 0 unspecified atom stereocenters. The lowest BCUT2D eigenvalue weighted by molar-refractivity contribution is -0.160. The molecule has 55 heavy (non-hydrogen) atoms. The van der Waals surface area contributed by atoms with E-state index < -0.39 is 94.7 Å². The van der Waals surface area contributed by atoms with Crippen LogP contribution in [-0.2, 0) is 23.8 Å². The van der Waals surface area contributed by atoms with E-state index in [2.05, 4.69) is 5.32 Å². The number of methoxy groups -OCH3 is 1. The fraction of sp³-hybridized carbons (Fsp3) is 0.525. The highest BCUT2D eigenvalue weighted by Gasteiger charge is 2.50. The van der Waals surface area contributed by atoms with Crippen LogP contribution in [0.3, 0.4) is 0 Å². The van der Waals surface area contributed by atoms with Crippen molar-refractivity contribution in [1.82, 2.24) is 0 Å². The van der Waals surface area contributed by atoms with Crippen molar-refractivity contribution in [3.63, 3.8) is 0 Å². The Labute approximate surface area is 320 Å².